The summed E-state index contributed by atoms with van der Waals surface area (Å²) in [6.07, 6.45) is 4.44. The van der Waals surface area contributed by atoms with Crippen molar-refractivity contribution in [3.8, 4) is 17.3 Å². The maximum Gasteiger partial charge on any atom is 0.174 e. The number of fused-ring (bicyclic) bond motifs is 2. The second-order valence-corrected chi connectivity index (χ2v) is 4.37. The predicted molar refractivity (Wildman–Crippen MR) is 74.4 cm³/mol. The van der Waals surface area contributed by atoms with Crippen LogP contribution < -0.4 is 4.74 Å². The number of nitrogens with one attached hydrogen (secondary N) is 2. The molecule has 6 nitrogen and oxygen atoms in total. The summed E-state index contributed by atoms with van der Waals surface area (Å²) in [6.45, 7) is 0. The van der Waals surface area contributed by atoms with Crippen LogP contribution in [0.4, 0.5) is 0 Å². The topological polar surface area (TPSA) is 79.5 Å². The average molecular weight is 264 g/mol. The molecule has 0 aliphatic carbocycles. The first-order chi connectivity index (χ1) is 9.85. The highest BCUT2D eigenvalue weighted by atomic mass is 16.5. The number of aromatic nitrogens is 5. The van der Waals surface area contributed by atoms with Crippen LogP contribution in [-0.2, 0) is 0 Å². The lowest BCUT2D eigenvalue weighted by Crippen LogP contribution is -1.87. The average Bonchev–Trinajstić information content (AvgIpc) is 3.12. The van der Waals surface area contributed by atoms with Crippen molar-refractivity contribution in [2.45, 2.75) is 0 Å². The summed E-state index contributed by atoms with van der Waals surface area (Å²) in [5.41, 5.74) is 4.10. The summed E-state index contributed by atoms with van der Waals surface area (Å²) in [6, 6.07) is 7.56. The van der Waals surface area contributed by atoms with Crippen molar-refractivity contribution in [3.63, 3.8) is 0 Å². The van der Waals surface area contributed by atoms with Gasteiger partial charge < -0.3 is 14.7 Å². The smallest absolute Gasteiger partial charge is 0.174 e. The Morgan fingerprint density at radius 1 is 1.20 bits per heavy atom. The van der Waals surface area contributed by atoms with Crippen molar-refractivity contribution >= 4 is 22.1 Å². The molecule has 4 rings (SSSR count). The third-order valence-corrected chi connectivity index (χ3v) is 3.20. The molecule has 1 aromatic carbocycles. The number of hydrogen-bond donors (Lipinski definition) is 2. The zero-order chi connectivity index (χ0) is 13.5. The van der Waals surface area contributed by atoms with Crippen LogP contribution in [0.25, 0.3) is 33.6 Å². The Morgan fingerprint density at radius 2 is 2.15 bits per heavy atom. The Hall–Kier alpha value is -2.89. The number of hydrogen-bond acceptors (Lipinski definition) is 4. The zero-order valence-corrected chi connectivity index (χ0v) is 10.6. The van der Waals surface area contributed by atoms with Gasteiger partial charge >= 0.3 is 0 Å². The van der Waals surface area contributed by atoms with Crippen LogP contribution in [0.3, 0.4) is 0 Å². The molecule has 20 heavy (non-hydrogen) atoms. The van der Waals surface area contributed by atoms with E-state index in [2.05, 4.69) is 31.2 Å². The molecule has 3 aromatic heterocycles. The zero-order valence-electron chi connectivity index (χ0n) is 10.6. The van der Waals surface area contributed by atoms with Crippen molar-refractivity contribution in [2.24, 2.45) is 0 Å². The highest BCUT2D eigenvalue weighted by molar-refractivity contribution is 5.89. The molecule has 1 radical (unpaired) electrons. The molecule has 0 unspecified atom stereocenters. The van der Waals surface area contributed by atoms with Gasteiger partial charge in [-0.15, -0.1) is 0 Å². The van der Waals surface area contributed by atoms with E-state index in [1.165, 1.54) is 0 Å². The monoisotopic (exact) mass is 264 g/mol. The fraction of sp³-hybridized carbons (Fsp3) is 0.0714. The summed E-state index contributed by atoms with van der Waals surface area (Å²) in [7, 11) is 1.64. The van der Waals surface area contributed by atoms with E-state index in [9.17, 15) is 0 Å². The lowest BCUT2D eigenvalue weighted by atomic mass is 10.3. The van der Waals surface area contributed by atoms with Gasteiger partial charge in [-0.1, -0.05) is 0 Å². The van der Waals surface area contributed by atoms with Gasteiger partial charge in [-0.05, 0) is 18.2 Å². The number of pyridine rings is 1. The number of methoxy groups -OCH3 is 1. The first kappa shape index (κ1) is 11.0. The molecule has 6 heteroatoms. The molecular weight excluding hydrogens is 254 g/mol. The molecule has 0 saturated heterocycles. The number of nitrogens with zero attached hydrogens (tertiary/aromatic N) is 3. The lowest BCUT2D eigenvalue weighted by Gasteiger charge is -1.96. The number of ether oxygens (including phenoxy) is 1. The molecule has 2 N–H and O–H groups in total. The minimum Gasteiger partial charge on any atom is -0.497 e. The highest BCUT2D eigenvalue weighted by Crippen LogP contribution is 2.25. The van der Waals surface area contributed by atoms with Crippen LogP contribution in [0.5, 0.6) is 5.75 Å². The van der Waals surface area contributed by atoms with Gasteiger partial charge in [-0.25, -0.2) is 9.97 Å². The lowest BCUT2D eigenvalue weighted by molar-refractivity contribution is 0.415. The summed E-state index contributed by atoms with van der Waals surface area (Å²) < 4.78 is 5.20. The second-order valence-electron chi connectivity index (χ2n) is 4.37. The van der Waals surface area contributed by atoms with Crippen LogP contribution in [0.15, 0.2) is 30.5 Å². The molecule has 0 amide bonds. The third kappa shape index (κ3) is 1.55. The molecule has 0 aliphatic rings. The minimum atomic E-state index is 0.680. The molecule has 0 aliphatic heterocycles. The quantitative estimate of drug-likeness (QED) is 0.582. The van der Waals surface area contributed by atoms with E-state index in [-0.39, 0.29) is 0 Å². The van der Waals surface area contributed by atoms with E-state index in [1.807, 2.05) is 24.3 Å². The van der Waals surface area contributed by atoms with Gasteiger partial charge in [0, 0.05) is 12.3 Å². The third-order valence-electron chi connectivity index (χ3n) is 3.20. The fourth-order valence-electron chi connectivity index (χ4n) is 2.21. The number of aromatic amines is 2. The molecule has 0 spiro atoms. The molecule has 97 valence electrons. The van der Waals surface area contributed by atoms with E-state index in [4.69, 9.17) is 4.74 Å². The van der Waals surface area contributed by atoms with E-state index < -0.39 is 0 Å². The van der Waals surface area contributed by atoms with Gasteiger partial charge in [0.15, 0.2) is 12.2 Å². The summed E-state index contributed by atoms with van der Waals surface area (Å²) in [5.74, 6) is 1.45. The van der Waals surface area contributed by atoms with Gasteiger partial charge in [0.25, 0.3) is 0 Å². The van der Waals surface area contributed by atoms with E-state index in [1.54, 1.807) is 13.3 Å². The van der Waals surface area contributed by atoms with Crippen molar-refractivity contribution in [1.29, 1.82) is 0 Å². The number of imidazole rings is 2. The molecule has 3 heterocycles. The normalized spacial score (nSPS) is 11.2. The van der Waals surface area contributed by atoms with Gasteiger partial charge in [-0.2, -0.15) is 0 Å². The van der Waals surface area contributed by atoms with Crippen LogP contribution in [-0.4, -0.2) is 32.0 Å². The van der Waals surface area contributed by atoms with Crippen LogP contribution >= 0.6 is 0 Å². The molecule has 4 aromatic rings. The number of benzene rings is 1. The Balaban J connectivity index is 1.95. The molecule has 0 atom stereocenters. The van der Waals surface area contributed by atoms with E-state index in [0.29, 0.717) is 11.5 Å². The number of rotatable bonds is 2. The maximum atomic E-state index is 5.20. The first-order valence-electron chi connectivity index (χ1n) is 6.10. The summed E-state index contributed by atoms with van der Waals surface area (Å²) >= 11 is 0. The van der Waals surface area contributed by atoms with E-state index >= 15 is 0 Å². The Bertz CT molecular complexity index is 908. The van der Waals surface area contributed by atoms with Gasteiger partial charge in [0.1, 0.15) is 17.0 Å². The van der Waals surface area contributed by atoms with Gasteiger partial charge in [0.2, 0.25) is 0 Å². The van der Waals surface area contributed by atoms with Crippen molar-refractivity contribution in [1.82, 2.24) is 24.9 Å². The molecular formula is C14H10N5O. The Kier molecular flexibility index (Phi) is 2.23. The van der Waals surface area contributed by atoms with Crippen LogP contribution in [0.1, 0.15) is 0 Å². The van der Waals surface area contributed by atoms with Crippen molar-refractivity contribution < 1.29 is 4.74 Å². The first-order valence-corrected chi connectivity index (χ1v) is 6.10. The Labute approximate surface area is 113 Å². The fourth-order valence-corrected chi connectivity index (χ4v) is 2.21. The highest BCUT2D eigenvalue weighted by Gasteiger charge is 2.12. The van der Waals surface area contributed by atoms with Crippen molar-refractivity contribution in [3.05, 3.63) is 36.8 Å². The van der Waals surface area contributed by atoms with Crippen LogP contribution in [0.2, 0.25) is 0 Å². The SMILES string of the molecule is COc1ccc2[nH]c(-c3nccc4[nH][c]nc34)nc2c1. The van der Waals surface area contributed by atoms with Gasteiger partial charge in [-0.3, -0.25) is 4.98 Å². The standard InChI is InChI=1S/C14H10N5O/c1-20-8-2-3-9-11(6-8)19-14(18-9)13-12-10(4-5-15-13)16-7-17-12/h2-6H,1H3,(H,16,17)(H,18,19). The minimum absolute atomic E-state index is 0.680. The molecule has 0 saturated carbocycles. The molecule has 0 fully saturated rings. The van der Waals surface area contributed by atoms with Gasteiger partial charge in [0.05, 0.1) is 23.7 Å². The summed E-state index contributed by atoms with van der Waals surface area (Å²) in [5, 5.41) is 0. The molecule has 0 bridgehead atoms. The number of H-pyrrole nitrogens is 2. The predicted octanol–water partition coefficient (Wildman–Crippen LogP) is 2.31. The largest absolute Gasteiger partial charge is 0.497 e. The van der Waals surface area contributed by atoms with Crippen molar-refractivity contribution in [2.75, 3.05) is 7.11 Å². The maximum absolute atomic E-state index is 5.20. The van der Waals surface area contributed by atoms with Crippen LogP contribution in [0, 0.1) is 6.33 Å². The van der Waals surface area contributed by atoms with E-state index in [0.717, 1.165) is 27.8 Å². The second kappa shape index (κ2) is 4.06. The Morgan fingerprint density at radius 3 is 3.05 bits per heavy atom. The summed E-state index contributed by atoms with van der Waals surface area (Å²) in [4.78, 5) is 19.3.